The molecule has 5 nitrogen and oxygen atoms in total. The van der Waals surface area contributed by atoms with Crippen LogP contribution in [0.4, 0.5) is 21.8 Å². The van der Waals surface area contributed by atoms with Crippen LogP contribution in [0.2, 0.25) is 0 Å². The second-order valence-corrected chi connectivity index (χ2v) is 5.76. The number of aromatic nitrogens is 3. The lowest BCUT2D eigenvalue weighted by Crippen LogP contribution is -2.06. The monoisotopic (exact) mass is 345 g/mol. The fourth-order valence-corrected chi connectivity index (χ4v) is 2.62. The summed E-state index contributed by atoms with van der Waals surface area (Å²) in [6.07, 6.45) is 3.42. The van der Waals surface area contributed by atoms with Gasteiger partial charge in [0.1, 0.15) is 11.6 Å². The first-order chi connectivity index (χ1) is 12.8. The Morgan fingerprint density at radius 2 is 1.73 bits per heavy atom. The van der Waals surface area contributed by atoms with Gasteiger partial charge in [-0.15, -0.1) is 0 Å². The van der Waals surface area contributed by atoms with Crippen molar-refractivity contribution in [2.75, 3.05) is 10.6 Å². The fraction of sp³-hybridized carbons (Fsp3) is 0.0500. The van der Waals surface area contributed by atoms with Crippen LogP contribution in [0.5, 0.6) is 0 Å². The summed E-state index contributed by atoms with van der Waals surface area (Å²) in [6, 6.07) is 17.9. The molecule has 0 fully saturated rings. The number of benzene rings is 2. The number of nitrogens with one attached hydrogen (secondary N) is 2. The van der Waals surface area contributed by atoms with Gasteiger partial charge in [-0.05, 0) is 42.0 Å². The van der Waals surface area contributed by atoms with Gasteiger partial charge in [-0.3, -0.25) is 4.98 Å². The molecule has 0 saturated carbocycles. The van der Waals surface area contributed by atoms with Gasteiger partial charge in [0, 0.05) is 18.1 Å². The standard InChI is InChI=1S/C20H16FN5/c21-15-9-7-14(8-10-15)12-23-19-17-5-1-2-6-18(17)25-20(26-19)24-16-4-3-11-22-13-16/h1-11,13H,12H2,(H2,23,24,25,26). The van der Waals surface area contributed by atoms with E-state index in [4.69, 9.17) is 0 Å². The summed E-state index contributed by atoms with van der Waals surface area (Å²) in [7, 11) is 0. The lowest BCUT2D eigenvalue weighted by molar-refractivity contribution is 0.627. The van der Waals surface area contributed by atoms with Crippen molar-refractivity contribution < 1.29 is 4.39 Å². The molecule has 0 aliphatic heterocycles. The van der Waals surface area contributed by atoms with Crippen LogP contribution in [0.15, 0.2) is 73.1 Å². The molecule has 0 bridgehead atoms. The van der Waals surface area contributed by atoms with Gasteiger partial charge in [0.25, 0.3) is 0 Å². The maximum absolute atomic E-state index is 13.1. The number of fused-ring (bicyclic) bond motifs is 1. The summed E-state index contributed by atoms with van der Waals surface area (Å²) in [6.45, 7) is 0.535. The highest BCUT2D eigenvalue weighted by atomic mass is 19.1. The van der Waals surface area contributed by atoms with Crippen LogP contribution in [0, 0.1) is 5.82 Å². The van der Waals surface area contributed by atoms with E-state index in [0.29, 0.717) is 18.3 Å². The lowest BCUT2D eigenvalue weighted by atomic mass is 10.2. The van der Waals surface area contributed by atoms with Gasteiger partial charge in [0.2, 0.25) is 5.95 Å². The van der Waals surface area contributed by atoms with Crippen molar-refractivity contribution in [3.05, 3.63) is 84.4 Å². The normalized spacial score (nSPS) is 10.7. The van der Waals surface area contributed by atoms with E-state index < -0.39 is 0 Å². The third-order valence-corrected chi connectivity index (χ3v) is 3.89. The minimum absolute atomic E-state index is 0.246. The van der Waals surface area contributed by atoms with Crippen molar-refractivity contribution in [3.8, 4) is 0 Å². The molecule has 0 spiro atoms. The number of pyridine rings is 1. The van der Waals surface area contributed by atoms with E-state index in [1.165, 1.54) is 12.1 Å². The van der Waals surface area contributed by atoms with Crippen LogP contribution in [0.3, 0.4) is 0 Å². The zero-order valence-electron chi connectivity index (χ0n) is 13.9. The van der Waals surface area contributed by atoms with E-state index in [-0.39, 0.29) is 5.82 Å². The second kappa shape index (κ2) is 7.14. The van der Waals surface area contributed by atoms with E-state index in [1.54, 1.807) is 24.5 Å². The molecule has 2 aromatic carbocycles. The number of halogens is 1. The molecular weight excluding hydrogens is 329 g/mol. The number of rotatable bonds is 5. The van der Waals surface area contributed by atoms with Crippen LogP contribution >= 0.6 is 0 Å². The van der Waals surface area contributed by atoms with Crippen LogP contribution in [-0.4, -0.2) is 15.0 Å². The highest BCUT2D eigenvalue weighted by molar-refractivity contribution is 5.90. The molecule has 4 rings (SSSR count). The van der Waals surface area contributed by atoms with E-state index in [9.17, 15) is 4.39 Å². The average Bonchev–Trinajstić information content (AvgIpc) is 2.68. The van der Waals surface area contributed by atoms with Gasteiger partial charge in [-0.1, -0.05) is 24.3 Å². The Bertz CT molecular complexity index is 1020. The van der Waals surface area contributed by atoms with E-state index in [0.717, 1.165) is 22.2 Å². The fourth-order valence-electron chi connectivity index (χ4n) is 2.62. The van der Waals surface area contributed by atoms with E-state index in [1.807, 2.05) is 36.4 Å². The highest BCUT2D eigenvalue weighted by Gasteiger charge is 2.08. The Labute approximate surface area is 150 Å². The molecular formula is C20H16FN5. The molecule has 0 radical (unpaired) electrons. The highest BCUT2D eigenvalue weighted by Crippen LogP contribution is 2.23. The summed E-state index contributed by atoms with van der Waals surface area (Å²) < 4.78 is 13.1. The molecule has 6 heteroatoms. The summed E-state index contributed by atoms with van der Waals surface area (Å²) in [5.41, 5.74) is 2.61. The molecule has 0 unspecified atom stereocenters. The maximum Gasteiger partial charge on any atom is 0.229 e. The van der Waals surface area contributed by atoms with Crippen LogP contribution < -0.4 is 10.6 Å². The Hall–Kier alpha value is -3.54. The molecule has 128 valence electrons. The summed E-state index contributed by atoms with van der Waals surface area (Å²) in [5, 5.41) is 7.41. The predicted molar refractivity (Wildman–Crippen MR) is 101 cm³/mol. The summed E-state index contributed by atoms with van der Waals surface area (Å²) >= 11 is 0. The van der Waals surface area contributed by atoms with Crippen molar-refractivity contribution in [3.63, 3.8) is 0 Å². The van der Waals surface area contributed by atoms with Gasteiger partial charge in [0.15, 0.2) is 0 Å². The zero-order chi connectivity index (χ0) is 17.8. The van der Waals surface area contributed by atoms with Crippen molar-refractivity contribution in [2.45, 2.75) is 6.54 Å². The molecule has 0 amide bonds. The summed E-state index contributed by atoms with van der Waals surface area (Å²) in [4.78, 5) is 13.2. The van der Waals surface area contributed by atoms with Crippen LogP contribution in [0.25, 0.3) is 10.9 Å². The number of para-hydroxylation sites is 1. The van der Waals surface area contributed by atoms with Crippen molar-refractivity contribution in [2.24, 2.45) is 0 Å². The second-order valence-electron chi connectivity index (χ2n) is 5.76. The van der Waals surface area contributed by atoms with Gasteiger partial charge in [-0.2, -0.15) is 4.98 Å². The summed E-state index contributed by atoms with van der Waals surface area (Å²) in [5.74, 6) is 0.953. The largest absolute Gasteiger partial charge is 0.365 e. The number of nitrogens with zero attached hydrogens (tertiary/aromatic N) is 3. The topological polar surface area (TPSA) is 62.7 Å². The minimum Gasteiger partial charge on any atom is -0.365 e. The van der Waals surface area contributed by atoms with Crippen molar-refractivity contribution in [1.82, 2.24) is 15.0 Å². The Balaban J connectivity index is 1.64. The molecule has 0 saturated heterocycles. The quantitative estimate of drug-likeness (QED) is 0.557. The molecule has 0 aliphatic carbocycles. The number of hydrogen-bond donors (Lipinski definition) is 2. The minimum atomic E-state index is -0.246. The SMILES string of the molecule is Fc1ccc(CNc2nc(Nc3cccnc3)nc3ccccc23)cc1. The molecule has 2 N–H and O–H groups in total. The molecule has 26 heavy (non-hydrogen) atoms. The predicted octanol–water partition coefficient (Wildman–Crippen LogP) is 4.52. The Kier molecular flexibility index (Phi) is 4.38. The third-order valence-electron chi connectivity index (χ3n) is 3.89. The molecule has 2 heterocycles. The first-order valence-corrected chi connectivity index (χ1v) is 8.20. The van der Waals surface area contributed by atoms with E-state index in [2.05, 4.69) is 25.6 Å². The molecule has 0 atom stereocenters. The average molecular weight is 345 g/mol. The lowest BCUT2D eigenvalue weighted by Gasteiger charge is -2.12. The zero-order valence-corrected chi connectivity index (χ0v) is 13.9. The smallest absolute Gasteiger partial charge is 0.229 e. The number of hydrogen-bond acceptors (Lipinski definition) is 5. The first kappa shape index (κ1) is 16.0. The Morgan fingerprint density at radius 3 is 2.54 bits per heavy atom. The Morgan fingerprint density at radius 1 is 0.885 bits per heavy atom. The van der Waals surface area contributed by atoms with Gasteiger partial charge in [-0.25, -0.2) is 9.37 Å². The van der Waals surface area contributed by atoms with Gasteiger partial charge >= 0.3 is 0 Å². The third kappa shape index (κ3) is 3.59. The molecule has 0 aliphatic rings. The molecule has 2 aromatic heterocycles. The first-order valence-electron chi connectivity index (χ1n) is 8.20. The van der Waals surface area contributed by atoms with Crippen molar-refractivity contribution >= 4 is 28.4 Å². The van der Waals surface area contributed by atoms with E-state index >= 15 is 0 Å². The van der Waals surface area contributed by atoms with Crippen LogP contribution in [-0.2, 0) is 6.54 Å². The molecule has 4 aromatic rings. The van der Waals surface area contributed by atoms with Crippen LogP contribution in [0.1, 0.15) is 5.56 Å². The van der Waals surface area contributed by atoms with Gasteiger partial charge in [0.05, 0.1) is 17.4 Å². The number of anilines is 3. The van der Waals surface area contributed by atoms with Gasteiger partial charge < -0.3 is 10.6 Å². The maximum atomic E-state index is 13.1. The van der Waals surface area contributed by atoms with Crippen molar-refractivity contribution in [1.29, 1.82) is 0 Å².